The second kappa shape index (κ2) is 8.44. The maximum atomic E-state index is 12.3. The lowest BCUT2D eigenvalue weighted by molar-refractivity contribution is 0.104. The number of carbonyl (C=O) groups excluding carboxylic acids is 2. The molecule has 0 atom stereocenters. The third-order valence-corrected chi connectivity index (χ3v) is 6.20. The van der Waals surface area contributed by atoms with Gasteiger partial charge in [-0.25, -0.2) is 4.79 Å². The number of amides is 2. The van der Waals surface area contributed by atoms with Crippen LogP contribution in [0.2, 0.25) is 0 Å². The van der Waals surface area contributed by atoms with Gasteiger partial charge in [-0.2, -0.15) is 0 Å². The lowest BCUT2D eigenvalue weighted by atomic mass is 10.1. The summed E-state index contributed by atoms with van der Waals surface area (Å²) in [4.78, 5) is 26.8. The molecule has 1 fully saturated rings. The van der Waals surface area contributed by atoms with Crippen molar-refractivity contribution in [1.29, 1.82) is 0 Å². The van der Waals surface area contributed by atoms with Crippen molar-refractivity contribution >= 4 is 34.5 Å². The molecule has 6 heteroatoms. The number of hydrogen-bond donors (Lipinski definition) is 2. The molecule has 0 bridgehead atoms. The van der Waals surface area contributed by atoms with Gasteiger partial charge in [0, 0.05) is 10.9 Å². The van der Waals surface area contributed by atoms with E-state index in [1.54, 1.807) is 0 Å². The number of carbonyl (C=O) groups is 2. The van der Waals surface area contributed by atoms with Gasteiger partial charge in [0.05, 0.1) is 16.3 Å². The highest BCUT2D eigenvalue weighted by atomic mass is 32.1. The molecule has 2 aromatic heterocycles. The van der Waals surface area contributed by atoms with E-state index in [9.17, 15) is 9.59 Å². The molecular formula is C18H22N2O2S2. The Kier molecular flexibility index (Phi) is 6.04. The van der Waals surface area contributed by atoms with Gasteiger partial charge >= 0.3 is 6.03 Å². The van der Waals surface area contributed by atoms with E-state index in [2.05, 4.69) is 10.6 Å². The van der Waals surface area contributed by atoms with Crippen LogP contribution in [0, 0.1) is 0 Å². The third kappa shape index (κ3) is 4.68. The molecule has 2 aromatic rings. The first-order valence-electron chi connectivity index (χ1n) is 8.43. The number of hydrogen-bond acceptors (Lipinski definition) is 4. The molecule has 2 amide bonds. The van der Waals surface area contributed by atoms with Gasteiger partial charge in [0.2, 0.25) is 5.78 Å². The molecule has 0 spiro atoms. The molecular weight excluding hydrogens is 340 g/mol. The summed E-state index contributed by atoms with van der Waals surface area (Å²) in [7, 11) is 0. The van der Waals surface area contributed by atoms with Crippen LogP contribution in [-0.2, 0) is 6.54 Å². The third-order valence-electron chi connectivity index (χ3n) is 4.24. The van der Waals surface area contributed by atoms with Gasteiger partial charge < -0.3 is 10.6 Å². The number of ketones is 1. The van der Waals surface area contributed by atoms with Crippen LogP contribution in [0.5, 0.6) is 0 Å². The molecule has 0 aromatic carbocycles. The average Bonchev–Trinajstić information content (AvgIpc) is 3.22. The number of rotatable bonds is 5. The summed E-state index contributed by atoms with van der Waals surface area (Å²) in [6.07, 6.45) is 7.10. The molecule has 0 unspecified atom stereocenters. The van der Waals surface area contributed by atoms with Crippen LogP contribution in [0.1, 0.15) is 58.0 Å². The van der Waals surface area contributed by atoms with Crippen LogP contribution in [0.15, 0.2) is 29.6 Å². The Morgan fingerprint density at radius 3 is 2.54 bits per heavy atom. The SMILES string of the molecule is O=C(NCc1ccc(C(=O)c2cccs2)s1)NC1CCCCCC1. The molecule has 24 heavy (non-hydrogen) atoms. The van der Waals surface area contributed by atoms with Crippen molar-refractivity contribution in [3.8, 4) is 0 Å². The first-order valence-corrected chi connectivity index (χ1v) is 10.1. The Morgan fingerprint density at radius 1 is 1.04 bits per heavy atom. The van der Waals surface area contributed by atoms with Crippen LogP contribution in [-0.4, -0.2) is 17.9 Å². The van der Waals surface area contributed by atoms with Gasteiger partial charge in [-0.3, -0.25) is 4.79 Å². The maximum Gasteiger partial charge on any atom is 0.315 e. The highest BCUT2D eigenvalue weighted by Gasteiger charge is 2.15. The van der Waals surface area contributed by atoms with Gasteiger partial charge in [0.25, 0.3) is 0 Å². The Bertz CT molecular complexity index is 671. The number of urea groups is 1. The van der Waals surface area contributed by atoms with E-state index in [4.69, 9.17) is 0 Å². The van der Waals surface area contributed by atoms with Crippen LogP contribution < -0.4 is 10.6 Å². The smallest absolute Gasteiger partial charge is 0.315 e. The molecule has 0 saturated heterocycles. The minimum absolute atomic E-state index is 0.0594. The minimum Gasteiger partial charge on any atom is -0.335 e. The summed E-state index contributed by atoms with van der Waals surface area (Å²) in [5.74, 6) is 0.0594. The van der Waals surface area contributed by atoms with Crippen LogP contribution in [0.4, 0.5) is 4.79 Å². The predicted molar refractivity (Wildman–Crippen MR) is 98.9 cm³/mol. The molecule has 2 N–H and O–H groups in total. The van der Waals surface area contributed by atoms with E-state index in [0.717, 1.165) is 27.5 Å². The molecule has 128 valence electrons. The first kappa shape index (κ1) is 17.2. The van der Waals surface area contributed by atoms with Gasteiger partial charge in [-0.05, 0) is 36.4 Å². The van der Waals surface area contributed by atoms with Crippen molar-refractivity contribution in [1.82, 2.24) is 10.6 Å². The molecule has 1 saturated carbocycles. The van der Waals surface area contributed by atoms with Crippen molar-refractivity contribution in [3.05, 3.63) is 44.3 Å². The molecule has 1 aliphatic rings. The van der Waals surface area contributed by atoms with E-state index in [1.807, 2.05) is 29.6 Å². The highest BCUT2D eigenvalue weighted by Crippen LogP contribution is 2.22. The average molecular weight is 363 g/mol. The predicted octanol–water partition coefficient (Wildman–Crippen LogP) is 4.56. The summed E-state index contributed by atoms with van der Waals surface area (Å²) in [5.41, 5.74) is 0. The Labute approximate surface area is 150 Å². The maximum absolute atomic E-state index is 12.3. The summed E-state index contributed by atoms with van der Waals surface area (Å²) < 4.78 is 0. The fourth-order valence-electron chi connectivity index (χ4n) is 2.95. The second-order valence-electron chi connectivity index (χ2n) is 6.09. The fourth-order valence-corrected chi connectivity index (χ4v) is 4.60. The second-order valence-corrected chi connectivity index (χ2v) is 8.20. The lowest BCUT2D eigenvalue weighted by Gasteiger charge is -2.16. The quantitative estimate of drug-likeness (QED) is 0.605. The standard InChI is InChI=1S/C18H22N2O2S2/c21-17(15-8-5-11-23-15)16-10-9-14(24-16)12-19-18(22)20-13-6-3-1-2-4-7-13/h5,8-11,13H,1-4,6-7,12H2,(H2,19,20,22). The fraction of sp³-hybridized carbons (Fsp3) is 0.444. The largest absolute Gasteiger partial charge is 0.335 e. The zero-order valence-corrected chi connectivity index (χ0v) is 15.2. The van der Waals surface area contributed by atoms with E-state index >= 15 is 0 Å². The molecule has 3 rings (SSSR count). The lowest BCUT2D eigenvalue weighted by Crippen LogP contribution is -2.41. The van der Waals surface area contributed by atoms with Crippen molar-refractivity contribution in [3.63, 3.8) is 0 Å². The van der Waals surface area contributed by atoms with Gasteiger partial charge in [0.1, 0.15) is 0 Å². The molecule has 0 radical (unpaired) electrons. The summed E-state index contributed by atoms with van der Waals surface area (Å²) >= 11 is 2.90. The first-order chi connectivity index (χ1) is 11.7. The van der Waals surface area contributed by atoms with Crippen molar-refractivity contribution < 1.29 is 9.59 Å². The van der Waals surface area contributed by atoms with E-state index < -0.39 is 0 Å². The van der Waals surface area contributed by atoms with Gasteiger partial charge in [0.15, 0.2) is 0 Å². The van der Waals surface area contributed by atoms with Crippen LogP contribution in [0.25, 0.3) is 0 Å². The molecule has 0 aliphatic heterocycles. The molecule has 1 aliphatic carbocycles. The number of thiophene rings is 2. The number of nitrogens with one attached hydrogen (secondary N) is 2. The zero-order chi connectivity index (χ0) is 16.8. The molecule has 2 heterocycles. The van der Waals surface area contributed by atoms with Gasteiger partial charge in [-0.1, -0.05) is 31.7 Å². The van der Waals surface area contributed by atoms with E-state index in [1.165, 1.54) is 48.4 Å². The van der Waals surface area contributed by atoms with E-state index in [-0.39, 0.29) is 11.8 Å². The van der Waals surface area contributed by atoms with Crippen molar-refractivity contribution in [2.45, 2.75) is 51.1 Å². The van der Waals surface area contributed by atoms with E-state index in [0.29, 0.717) is 12.6 Å². The van der Waals surface area contributed by atoms with Crippen molar-refractivity contribution in [2.24, 2.45) is 0 Å². The summed E-state index contributed by atoms with van der Waals surface area (Å²) in [5, 5.41) is 7.88. The van der Waals surface area contributed by atoms with Crippen LogP contribution in [0.3, 0.4) is 0 Å². The minimum atomic E-state index is -0.110. The van der Waals surface area contributed by atoms with Crippen molar-refractivity contribution in [2.75, 3.05) is 0 Å². The summed E-state index contributed by atoms with van der Waals surface area (Å²) in [6.45, 7) is 0.459. The topological polar surface area (TPSA) is 58.2 Å². The Balaban J connectivity index is 1.48. The molecule has 4 nitrogen and oxygen atoms in total. The van der Waals surface area contributed by atoms with Crippen LogP contribution >= 0.6 is 22.7 Å². The Morgan fingerprint density at radius 2 is 1.83 bits per heavy atom. The summed E-state index contributed by atoms with van der Waals surface area (Å²) in [6, 6.07) is 7.66. The Hall–Kier alpha value is -1.66. The highest BCUT2D eigenvalue weighted by molar-refractivity contribution is 7.16. The normalized spacial score (nSPS) is 15.7. The monoisotopic (exact) mass is 362 g/mol. The van der Waals surface area contributed by atoms with Gasteiger partial charge in [-0.15, -0.1) is 22.7 Å². The zero-order valence-electron chi connectivity index (χ0n) is 13.5.